The third-order valence-electron chi connectivity index (χ3n) is 3.57. The van der Waals surface area contributed by atoms with E-state index in [0.717, 1.165) is 5.56 Å². The Kier molecular flexibility index (Phi) is 5.31. The van der Waals surface area contributed by atoms with E-state index in [4.69, 9.17) is 16.3 Å². The van der Waals surface area contributed by atoms with Gasteiger partial charge in [0, 0.05) is 17.2 Å². The minimum absolute atomic E-state index is 0.158. The predicted octanol–water partition coefficient (Wildman–Crippen LogP) is 4.37. The number of nitrogens with zero attached hydrogens (tertiary/aromatic N) is 1. The number of carbonyl (C=O) groups is 1. The fraction of sp³-hybridized carbons (Fsp3) is 0.100. The molecule has 5 heteroatoms. The number of benzene rings is 2. The molecule has 0 aliphatic heterocycles. The van der Waals surface area contributed by atoms with Crippen molar-refractivity contribution in [2.45, 2.75) is 13.5 Å². The predicted molar refractivity (Wildman–Crippen MR) is 98.0 cm³/mol. The molecule has 4 nitrogen and oxygen atoms in total. The Morgan fingerprint density at radius 1 is 1.08 bits per heavy atom. The highest BCUT2D eigenvalue weighted by Crippen LogP contribution is 2.31. The third-order valence-corrected chi connectivity index (χ3v) is 3.81. The molecule has 1 heterocycles. The van der Waals surface area contributed by atoms with Gasteiger partial charge in [0.05, 0.1) is 5.69 Å². The van der Waals surface area contributed by atoms with Crippen LogP contribution in [0, 0.1) is 6.92 Å². The van der Waals surface area contributed by atoms with Gasteiger partial charge in [0.1, 0.15) is 5.75 Å². The van der Waals surface area contributed by atoms with Crippen LogP contribution in [0.3, 0.4) is 0 Å². The summed E-state index contributed by atoms with van der Waals surface area (Å²) in [6.45, 7) is 2.21. The van der Waals surface area contributed by atoms with Crippen LogP contribution in [-0.2, 0) is 11.3 Å². The smallest absolute Gasteiger partial charge is 0.290 e. The molecule has 0 radical (unpaired) electrons. The van der Waals surface area contributed by atoms with Gasteiger partial charge in [0.25, 0.3) is 5.91 Å². The molecule has 0 atom stereocenters. The zero-order chi connectivity index (χ0) is 17.6. The normalized spacial score (nSPS) is 10.3. The quantitative estimate of drug-likeness (QED) is 0.692. The summed E-state index contributed by atoms with van der Waals surface area (Å²) in [5.41, 5.74) is 1.68. The van der Waals surface area contributed by atoms with E-state index in [9.17, 15) is 4.79 Å². The molecule has 3 rings (SSSR count). The average molecular weight is 354 g/mol. The van der Waals surface area contributed by atoms with Gasteiger partial charge in [0.2, 0.25) is 6.54 Å². The molecule has 25 heavy (non-hydrogen) atoms. The monoisotopic (exact) mass is 353 g/mol. The van der Waals surface area contributed by atoms with E-state index in [1.807, 2.05) is 66.3 Å². The molecule has 0 saturated heterocycles. The lowest BCUT2D eigenvalue weighted by Crippen LogP contribution is -2.39. The van der Waals surface area contributed by atoms with Crippen LogP contribution in [0.25, 0.3) is 0 Å². The van der Waals surface area contributed by atoms with Crippen molar-refractivity contribution in [3.05, 3.63) is 83.6 Å². The van der Waals surface area contributed by atoms with Gasteiger partial charge >= 0.3 is 0 Å². The largest absolute Gasteiger partial charge is 0.455 e. The molecule has 126 valence electrons. The molecular weight excluding hydrogens is 336 g/mol. The van der Waals surface area contributed by atoms with Crippen LogP contribution >= 0.6 is 11.6 Å². The number of carbonyl (C=O) groups excluding carboxylic acids is 1. The van der Waals surface area contributed by atoms with E-state index in [1.54, 1.807) is 18.2 Å². The van der Waals surface area contributed by atoms with Crippen molar-refractivity contribution >= 4 is 23.2 Å². The van der Waals surface area contributed by atoms with Crippen LogP contribution in [0.1, 0.15) is 5.56 Å². The van der Waals surface area contributed by atoms with Crippen molar-refractivity contribution in [2.24, 2.45) is 0 Å². The Morgan fingerprint density at radius 2 is 1.80 bits per heavy atom. The molecule has 0 bridgehead atoms. The van der Waals surface area contributed by atoms with Crippen molar-refractivity contribution in [1.82, 2.24) is 0 Å². The van der Waals surface area contributed by atoms with Crippen molar-refractivity contribution in [1.29, 1.82) is 0 Å². The van der Waals surface area contributed by atoms with Crippen molar-refractivity contribution in [3.63, 3.8) is 0 Å². The van der Waals surface area contributed by atoms with Crippen LogP contribution < -0.4 is 14.6 Å². The first-order chi connectivity index (χ1) is 12.1. The first-order valence-electron chi connectivity index (χ1n) is 7.88. The summed E-state index contributed by atoms with van der Waals surface area (Å²) in [5, 5.41) is 3.39. The van der Waals surface area contributed by atoms with Crippen LogP contribution in [0.4, 0.5) is 5.69 Å². The first kappa shape index (κ1) is 17.0. The second-order valence-corrected chi connectivity index (χ2v) is 6.09. The summed E-state index contributed by atoms with van der Waals surface area (Å²) in [6.07, 6.45) is 3.74. The van der Waals surface area contributed by atoms with Crippen molar-refractivity contribution in [3.8, 4) is 11.5 Å². The number of pyridine rings is 1. The number of ether oxygens (including phenoxy) is 1. The summed E-state index contributed by atoms with van der Waals surface area (Å²) in [7, 11) is 0. The lowest BCUT2D eigenvalue weighted by atomic mass is 10.2. The molecule has 1 N–H and O–H groups in total. The minimum Gasteiger partial charge on any atom is -0.455 e. The number of para-hydroxylation sites is 1. The second-order valence-electron chi connectivity index (χ2n) is 5.65. The van der Waals surface area contributed by atoms with Crippen molar-refractivity contribution < 1.29 is 14.1 Å². The van der Waals surface area contributed by atoms with Gasteiger partial charge < -0.3 is 10.1 Å². The number of rotatable bonds is 5. The number of anilines is 1. The molecule has 0 unspecified atom stereocenters. The number of amides is 1. The Balaban J connectivity index is 1.75. The second kappa shape index (κ2) is 7.81. The van der Waals surface area contributed by atoms with Gasteiger partial charge in [-0.15, -0.1) is 0 Å². The number of aryl methyl sites for hydroxylation is 1. The molecule has 0 aliphatic carbocycles. The molecule has 1 amide bonds. The molecule has 2 aromatic carbocycles. The van der Waals surface area contributed by atoms with Crippen LogP contribution in [0.15, 0.2) is 73.1 Å². The van der Waals surface area contributed by atoms with E-state index < -0.39 is 0 Å². The van der Waals surface area contributed by atoms with Gasteiger partial charge in [-0.2, -0.15) is 4.57 Å². The number of nitrogens with one attached hydrogen (secondary N) is 1. The standard InChI is InChI=1S/C20H17ClN2O2/c1-15-9-11-23(12-10-15)14-20(24)22-18-13-16(21)7-8-19(18)25-17-5-3-2-4-6-17/h2-13H,14H2,1H3/p+1. The van der Waals surface area contributed by atoms with E-state index >= 15 is 0 Å². The SMILES string of the molecule is Cc1cc[n+](CC(=O)Nc2cc(Cl)ccc2Oc2ccccc2)cc1. The van der Waals surface area contributed by atoms with Crippen LogP contribution in [0.2, 0.25) is 5.02 Å². The van der Waals surface area contributed by atoms with Gasteiger partial charge in [-0.25, -0.2) is 0 Å². The molecule has 0 spiro atoms. The first-order valence-corrected chi connectivity index (χ1v) is 8.26. The van der Waals surface area contributed by atoms with Crippen LogP contribution in [-0.4, -0.2) is 5.91 Å². The Hall–Kier alpha value is -2.85. The van der Waals surface area contributed by atoms with Gasteiger partial charge in [0.15, 0.2) is 18.1 Å². The number of aromatic nitrogens is 1. The highest BCUT2D eigenvalue weighted by Gasteiger charge is 2.13. The average Bonchev–Trinajstić information content (AvgIpc) is 2.60. The highest BCUT2D eigenvalue weighted by atomic mass is 35.5. The molecule has 1 aromatic heterocycles. The van der Waals surface area contributed by atoms with Gasteiger partial charge in [-0.3, -0.25) is 4.79 Å². The minimum atomic E-state index is -0.158. The number of halogens is 1. The summed E-state index contributed by atoms with van der Waals surface area (Å²) in [4.78, 5) is 12.4. The maximum absolute atomic E-state index is 12.4. The molecule has 0 aliphatic rings. The van der Waals surface area contributed by atoms with Crippen LogP contribution in [0.5, 0.6) is 11.5 Å². The topological polar surface area (TPSA) is 42.2 Å². The third kappa shape index (κ3) is 4.81. The van der Waals surface area contributed by atoms with E-state index in [2.05, 4.69) is 5.32 Å². The molecule has 0 saturated carbocycles. The molecule has 0 fully saturated rings. The summed E-state index contributed by atoms with van der Waals surface area (Å²) in [5.74, 6) is 1.07. The number of hydrogen-bond donors (Lipinski definition) is 1. The van der Waals surface area contributed by atoms with Crippen molar-refractivity contribution in [2.75, 3.05) is 5.32 Å². The maximum atomic E-state index is 12.4. The summed E-state index contributed by atoms with van der Waals surface area (Å²) < 4.78 is 7.66. The van der Waals surface area contributed by atoms with Gasteiger partial charge in [-0.05, 0) is 42.8 Å². The molecular formula is C20H18ClN2O2+. The zero-order valence-corrected chi connectivity index (χ0v) is 14.5. The zero-order valence-electron chi connectivity index (χ0n) is 13.8. The van der Waals surface area contributed by atoms with E-state index in [1.165, 1.54) is 0 Å². The Morgan fingerprint density at radius 3 is 2.52 bits per heavy atom. The highest BCUT2D eigenvalue weighted by molar-refractivity contribution is 6.31. The Labute approximate surface area is 151 Å². The van der Waals surface area contributed by atoms with E-state index in [0.29, 0.717) is 22.2 Å². The maximum Gasteiger partial charge on any atom is 0.290 e. The fourth-order valence-electron chi connectivity index (χ4n) is 2.30. The van der Waals surface area contributed by atoms with E-state index in [-0.39, 0.29) is 12.5 Å². The lowest BCUT2D eigenvalue weighted by molar-refractivity contribution is -0.684. The molecule has 3 aromatic rings. The number of hydrogen-bond acceptors (Lipinski definition) is 2. The Bertz CT molecular complexity index is 865. The fourth-order valence-corrected chi connectivity index (χ4v) is 2.47. The van der Waals surface area contributed by atoms with Gasteiger partial charge in [-0.1, -0.05) is 29.8 Å². The lowest BCUT2D eigenvalue weighted by Gasteiger charge is -2.12. The summed E-state index contributed by atoms with van der Waals surface area (Å²) in [6, 6.07) is 18.4. The summed E-state index contributed by atoms with van der Waals surface area (Å²) >= 11 is 6.07.